The first-order chi connectivity index (χ1) is 16.6. The SMILES string of the molecule is O=C(Nc1ccc(C(=O)N2CCCc3ccccc32)cc1)c1ccccc1-c1ccc(O)cc1. The molecule has 4 aromatic rings. The van der Waals surface area contributed by atoms with Crippen molar-refractivity contribution in [1.82, 2.24) is 0 Å². The van der Waals surface area contributed by atoms with Crippen LogP contribution < -0.4 is 10.2 Å². The van der Waals surface area contributed by atoms with Gasteiger partial charge in [-0.15, -0.1) is 0 Å². The number of rotatable bonds is 4. The Kier molecular flexibility index (Phi) is 5.83. The van der Waals surface area contributed by atoms with Gasteiger partial charge in [0, 0.05) is 29.0 Å². The Morgan fingerprint density at radius 1 is 0.794 bits per heavy atom. The number of carbonyl (C=O) groups excluding carboxylic acids is 2. The number of hydrogen-bond acceptors (Lipinski definition) is 3. The predicted octanol–water partition coefficient (Wildman–Crippen LogP) is 5.90. The highest BCUT2D eigenvalue weighted by atomic mass is 16.3. The standard InChI is InChI=1S/C29H24N2O3/c32-24-17-13-20(14-18-24)25-8-2-3-9-26(25)28(33)30-23-15-11-22(12-16-23)29(34)31-19-5-7-21-6-1-4-10-27(21)31/h1-4,6,8-18,32H,5,7,19H2,(H,30,33). The number of para-hydroxylation sites is 1. The van der Waals surface area contributed by atoms with Gasteiger partial charge in [-0.05, 0) is 78.1 Å². The van der Waals surface area contributed by atoms with Crippen molar-refractivity contribution in [2.75, 3.05) is 16.8 Å². The minimum atomic E-state index is -0.243. The van der Waals surface area contributed by atoms with E-state index in [4.69, 9.17) is 0 Å². The van der Waals surface area contributed by atoms with Gasteiger partial charge >= 0.3 is 0 Å². The number of fused-ring (bicyclic) bond motifs is 1. The average molecular weight is 449 g/mol. The van der Waals surface area contributed by atoms with Gasteiger partial charge < -0.3 is 15.3 Å². The molecule has 1 aliphatic rings. The van der Waals surface area contributed by atoms with Crippen molar-refractivity contribution in [1.29, 1.82) is 0 Å². The molecule has 0 spiro atoms. The first-order valence-corrected chi connectivity index (χ1v) is 11.3. The fourth-order valence-electron chi connectivity index (χ4n) is 4.37. The maximum absolute atomic E-state index is 13.2. The van der Waals surface area contributed by atoms with E-state index in [1.807, 2.05) is 41.3 Å². The largest absolute Gasteiger partial charge is 0.508 e. The van der Waals surface area contributed by atoms with Gasteiger partial charge in [0.2, 0.25) is 0 Å². The second-order valence-electron chi connectivity index (χ2n) is 8.31. The summed E-state index contributed by atoms with van der Waals surface area (Å²) in [6, 6.07) is 29.1. The molecule has 5 nitrogen and oxygen atoms in total. The van der Waals surface area contributed by atoms with Crippen molar-refractivity contribution < 1.29 is 14.7 Å². The van der Waals surface area contributed by atoms with Crippen molar-refractivity contribution >= 4 is 23.2 Å². The number of anilines is 2. The summed E-state index contributed by atoms with van der Waals surface area (Å²) in [5, 5.41) is 12.5. The number of aryl methyl sites for hydroxylation is 1. The van der Waals surface area contributed by atoms with E-state index >= 15 is 0 Å². The molecular formula is C29H24N2O3. The van der Waals surface area contributed by atoms with Crippen LogP contribution in [0.2, 0.25) is 0 Å². The van der Waals surface area contributed by atoms with Crippen molar-refractivity contribution in [2.45, 2.75) is 12.8 Å². The van der Waals surface area contributed by atoms with Gasteiger partial charge in [-0.2, -0.15) is 0 Å². The lowest BCUT2D eigenvalue weighted by Crippen LogP contribution is -2.35. The molecule has 0 fully saturated rings. The molecule has 2 amide bonds. The molecule has 0 atom stereocenters. The Bertz CT molecular complexity index is 1340. The zero-order valence-corrected chi connectivity index (χ0v) is 18.6. The van der Waals surface area contributed by atoms with E-state index in [1.54, 1.807) is 54.6 Å². The van der Waals surface area contributed by atoms with Gasteiger partial charge in [0.15, 0.2) is 0 Å². The normalized spacial score (nSPS) is 12.6. The highest BCUT2D eigenvalue weighted by Crippen LogP contribution is 2.29. The lowest BCUT2D eigenvalue weighted by atomic mass is 9.99. The van der Waals surface area contributed by atoms with E-state index in [9.17, 15) is 14.7 Å². The van der Waals surface area contributed by atoms with Crippen LogP contribution >= 0.6 is 0 Å². The van der Waals surface area contributed by atoms with Crippen molar-refractivity contribution in [3.05, 3.63) is 114 Å². The number of nitrogens with zero attached hydrogens (tertiary/aromatic N) is 1. The molecule has 5 rings (SSSR count). The van der Waals surface area contributed by atoms with Crippen LogP contribution in [0.4, 0.5) is 11.4 Å². The van der Waals surface area contributed by atoms with Crippen LogP contribution in [0.3, 0.4) is 0 Å². The third-order valence-corrected chi connectivity index (χ3v) is 6.10. The van der Waals surface area contributed by atoms with Gasteiger partial charge in [-0.1, -0.05) is 48.5 Å². The predicted molar refractivity (Wildman–Crippen MR) is 134 cm³/mol. The number of amides is 2. The summed E-state index contributed by atoms with van der Waals surface area (Å²) in [5.41, 5.74) is 5.50. The van der Waals surface area contributed by atoms with E-state index < -0.39 is 0 Å². The molecule has 0 saturated carbocycles. The summed E-state index contributed by atoms with van der Waals surface area (Å²) in [6.07, 6.45) is 1.92. The number of benzene rings is 4. The summed E-state index contributed by atoms with van der Waals surface area (Å²) >= 11 is 0. The minimum absolute atomic E-state index is 0.0392. The number of phenolic OH excluding ortho intramolecular Hbond substituents is 1. The van der Waals surface area contributed by atoms with Gasteiger partial charge in [-0.25, -0.2) is 0 Å². The first kappa shape index (κ1) is 21.5. The average Bonchev–Trinajstić information content (AvgIpc) is 2.89. The van der Waals surface area contributed by atoms with Crippen molar-refractivity contribution in [3.8, 4) is 16.9 Å². The molecule has 1 aliphatic heterocycles. The molecule has 0 radical (unpaired) electrons. The smallest absolute Gasteiger partial charge is 0.258 e. The number of nitrogens with one attached hydrogen (secondary N) is 1. The lowest BCUT2D eigenvalue weighted by Gasteiger charge is -2.29. The highest BCUT2D eigenvalue weighted by Gasteiger charge is 2.23. The van der Waals surface area contributed by atoms with Crippen LogP contribution in [0.1, 0.15) is 32.7 Å². The van der Waals surface area contributed by atoms with E-state index in [2.05, 4.69) is 11.4 Å². The van der Waals surface area contributed by atoms with Crippen molar-refractivity contribution in [3.63, 3.8) is 0 Å². The van der Waals surface area contributed by atoms with Crippen LogP contribution in [0, 0.1) is 0 Å². The molecule has 0 bridgehead atoms. The van der Waals surface area contributed by atoms with E-state index in [-0.39, 0.29) is 17.6 Å². The molecule has 34 heavy (non-hydrogen) atoms. The van der Waals surface area contributed by atoms with E-state index in [1.165, 1.54) is 5.56 Å². The van der Waals surface area contributed by atoms with Crippen LogP contribution in [0.15, 0.2) is 97.1 Å². The minimum Gasteiger partial charge on any atom is -0.508 e. The maximum Gasteiger partial charge on any atom is 0.258 e. The second kappa shape index (κ2) is 9.24. The molecule has 0 aromatic heterocycles. The molecule has 0 saturated heterocycles. The third-order valence-electron chi connectivity index (χ3n) is 6.10. The molecular weight excluding hydrogens is 424 g/mol. The van der Waals surface area contributed by atoms with Crippen LogP contribution in [-0.2, 0) is 6.42 Å². The van der Waals surface area contributed by atoms with E-state index in [0.29, 0.717) is 23.4 Å². The summed E-state index contributed by atoms with van der Waals surface area (Å²) in [4.78, 5) is 28.0. The third kappa shape index (κ3) is 4.28. The van der Waals surface area contributed by atoms with Crippen molar-refractivity contribution in [2.24, 2.45) is 0 Å². The zero-order chi connectivity index (χ0) is 23.5. The van der Waals surface area contributed by atoms with E-state index in [0.717, 1.165) is 29.7 Å². The summed E-state index contributed by atoms with van der Waals surface area (Å²) in [5.74, 6) is -0.108. The van der Waals surface area contributed by atoms with Crippen LogP contribution in [-0.4, -0.2) is 23.5 Å². The lowest BCUT2D eigenvalue weighted by molar-refractivity contribution is 0.0984. The Hall–Kier alpha value is -4.38. The Morgan fingerprint density at radius 2 is 1.50 bits per heavy atom. The molecule has 5 heteroatoms. The first-order valence-electron chi connectivity index (χ1n) is 11.3. The molecule has 1 heterocycles. The fourth-order valence-corrected chi connectivity index (χ4v) is 4.37. The fraction of sp³-hybridized carbons (Fsp3) is 0.103. The van der Waals surface area contributed by atoms with Gasteiger partial charge in [0.05, 0.1) is 0 Å². The number of phenols is 1. The van der Waals surface area contributed by atoms with Gasteiger partial charge in [0.1, 0.15) is 5.75 Å². The number of hydrogen-bond donors (Lipinski definition) is 2. The summed E-state index contributed by atoms with van der Waals surface area (Å²) in [6.45, 7) is 0.697. The monoisotopic (exact) mass is 448 g/mol. The topological polar surface area (TPSA) is 69.6 Å². The number of aromatic hydroxyl groups is 1. The molecule has 4 aromatic carbocycles. The highest BCUT2D eigenvalue weighted by molar-refractivity contribution is 6.10. The van der Waals surface area contributed by atoms with Crippen LogP contribution in [0.5, 0.6) is 5.75 Å². The molecule has 0 aliphatic carbocycles. The van der Waals surface area contributed by atoms with Gasteiger partial charge in [-0.3, -0.25) is 9.59 Å². The zero-order valence-electron chi connectivity index (χ0n) is 18.6. The summed E-state index contributed by atoms with van der Waals surface area (Å²) < 4.78 is 0. The maximum atomic E-state index is 13.2. The molecule has 2 N–H and O–H groups in total. The molecule has 168 valence electrons. The second-order valence-corrected chi connectivity index (χ2v) is 8.31. The quantitative estimate of drug-likeness (QED) is 0.408. The van der Waals surface area contributed by atoms with Gasteiger partial charge in [0.25, 0.3) is 11.8 Å². The Labute approximate surface area is 198 Å². The Balaban J connectivity index is 1.33. The summed E-state index contributed by atoms with van der Waals surface area (Å²) in [7, 11) is 0. The number of carbonyl (C=O) groups is 2. The molecule has 0 unspecified atom stereocenters. The Morgan fingerprint density at radius 3 is 2.29 bits per heavy atom. The van der Waals surface area contributed by atoms with Crippen LogP contribution in [0.25, 0.3) is 11.1 Å².